The van der Waals surface area contributed by atoms with Crippen molar-refractivity contribution in [1.82, 2.24) is 4.90 Å². The van der Waals surface area contributed by atoms with Crippen molar-refractivity contribution in [3.8, 4) is 0 Å². The predicted molar refractivity (Wildman–Crippen MR) is 41.3 cm³/mol. The molecular weight excluding hydrogens is 146 g/mol. The van der Waals surface area contributed by atoms with Gasteiger partial charge in [0.1, 0.15) is 6.23 Å². The van der Waals surface area contributed by atoms with Crippen LogP contribution in [0.5, 0.6) is 0 Å². The summed E-state index contributed by atoms with van der Waals surface area (Å²) in [6, 6.07) is 0. The van der Waals surface area contributed by atoms with Gasteiger partial charge in [0.15, 0.2) is 0 Å². The zero-order valence-electron chi connectivity index (χ0n) is 7.33. The standard InChI is InChI=1S/C7H15NO3/c1-5(9)8(6(10)11)7(2,3)4/h5,9H,1-4H3,(H,10,11). The number of carboxylic acid groups (broad SMARTS) is 1. The van der Waals surface area contributed by atoms with E-state index in [9.17, 15) is 4.79 Å². The lowest BCUT2D eigenvalue weighted by atomic mass is 10.1. The van der Waals surface area contributed by atoms with Crippen LogP contribution in [0.25, 0.3) is 0 Å². The molecule has 0 saturated carbocycles. The highest BCUT2D eigenvalue weighted by atomic mass is 16.4. The minimum atomic E-state index is -1.10. The van der Waals surface area contributed by atoms with Gasteiger partial charge in [-0.05, 0) is 27.7 Å². The number of hydrogen-bond donors (Lipinski definition) is 2. The molecule has 0 aromatic rings. The molecule has 66 valence electrons. The Hall–Kier alpha value is -0.770. The largest absolute Gasteiger partial charge is 0.465 e. The van der Waals surface area contributed by atoms with E-state index in [0.717, 1.165) is 4.90 Å². The number of aliphatic hydroxyl groups excluding tert-OH is 1. The van der Waals surface area contributed by atoms with Crippen molar-refractivity contribution in [1.29, 1.82) is 0 Å². The van der Waals surface area contributed by atoms with Crippen molar-refractivity contribution in [2.24, 2.45) is 0 Å². The van der Waals surface area contributed by atoms with E-state index in [4.69, 9.17) is 10.2 Å². The molecule has 0 aromatic heterocycles. The first-order chi connectivity index (χ1) is 4.76. The number of rotatable bonds is 1. The van der Waals surface area contributed by atoms with Gasteiger partial charge in [0.25, 0.3) is 0 Å². The summed E-state index contributed by atoms with van der Waals surface area (Å²) in [6.07, 6.45) is -2.07. The maximum absolute atomic E-state index is 10.6. The number of amides is 1. The Labute approximate surface area is 66.4 Å². The summed E-state index contributed by atoms with van der Waals surface area (Å²) in [5.74, 6) is 0. The Kier molecular flexibility index (Phi) is 2.87. The van der Waals surface area contributed by atoms with Crippen LogP contribution >= 0.6 is 0 Å². The fraction of sp³-hybridized carbons (Fsp3) is 0.857. The zero-order valence-corrected chi connectivity index (χ0v) is 7.33. The maximum atomic E-state index is 10.6. The maximum Gasteiger partial charge on any atom is 0.409 e. The van der Waals surface area contributed by atoms with Crippen molar-refractivity contribution in [3.63, 3.8) is 0 Å². The highest BCUT2D eigenvalue weighted by Crippen LogP contribution is 2.15. The molecule has 4 heteroatoms. The molecule has 1 amide bonds. The summed E-state index contributed by atoms with van der Waals surface area (Å²) in [6.45, 7) is 6.62. The van der Waals surface area contributed by atoms with Crippen LogP contribution in [0.4, 0.5) is 4.79 Å². The zero-order chi connectivity index (χ0) is 9.23. The Balaban J connectivity index is 4.49. The first-order valence-electron chi connectivity index (χ1n) is 3.47. The summed E-state index contributed by atoms with van der Waals surface area (Å²) >= 11 is 0. The van der Waals surface area contributed by atoms with Gasteiger partial charge >= 0.3 is 6.09 Å². The normalized spacial score (nSPS) is 14.3. The highest BCUT2D eigenvalue weighted by Gasteiger charge is 2.29. The van der Waals surface area contributed by atoms with Crippen LogP contribution in [-0.2, 0) is 0 Å². The molecule has 11 heavy (non-hydrogen) atoms. The van der Waals surface area contributed by atoms with E-state index >= 15 is 0 Å². The molecule has 0 spiro atoms. The molecule has 0 aromatic carbocycles. The van der Waals surface area contributed by atoms with Gasteiger partial charge in [-0.15, -0.1) is 0 Å². The quantitative estimate of drug-likeness (QED) is 0.566. The molecule has 0 radical (unpaired) electrons. The van der Waals surface area contributed by atoms with E-state index in [1.165, 1.54) is 6.92 Å². The first kappa shape index (κ1) is 10.2. The van der Waals surface area contributed by atoms with Crippen molar-refractivity contribution >= 4 is 6.09 Å². The second-order valence-electron chi connectivity index (χ2n) is 3.46. The molecule has 0 bridgehead atoms. The average molecular weight is 161 g/mol. The second kappa shape index (κ2) is 3.09. The van der Waals surface area contributed by atoms with Gasteiger partial charge < -0.3 is 10.2 Å². The molecule has 0 aliphatic rings. The Morgan fingerprint density at radius 2 is 1.82 bits per heavy atom. The van der Waals surface area contributed by atoms with Gasteiger partial charge in [0.05, 0.1) is 0 Å². The summed E-state index contributed by atoms with van der Waals surface area (Å²) in [5.41, 5.74) is -0.556. The highest BCUT2D eigenvalue weighted by molar-refractivity contribution is 5.66. The van der Waals surface area contributed by atoms with Gasteiger partial charge in [0, 0.05) is 5.54 Å². The molecule has 1 unspecified atom stereocenters. The monoisotopic (exact) mass is 161 g/mol. The van der Waals surface area contributed by atoms with Gasteiger partial charge in [-0.25, -0.2) is 4.79 Å². The SMILES string of the molecule is CC(O)N(C(=O)O)C(C)(C)C. The Morgan fingerprint density at radius 3 is 1.82 bits per heavy atom. The molecule has 1 atom stereocenters. The topological polar surface area (TPSA) is 60.8 Å². The third-order valence-corrected chi connectivity index (χ3v) is 1.30. The molecule has 4 nitrogen and oxygen atoms in total. The molecule has 0 rings (SSSR count). The smallest absolute Gasteiger partial charge is 0.409 e. The third kappa shape index (κ3) is 2.76. The van der Waals surface area contributed by atoms with Gasteiger partial charge in [-0.1, -0.05) is 0 Å². The van der Waals surface area contributed by atoms with E-state index < -0.39 is 17.9 Å². The number of nitrogens with zero attached hydrogens (tertiary/aromatic N) is 1. The fourth-order valence-electron chi connectivity index (χ4n) is 1.01. The van der Waals surface area contributed by atoms with E-state index in [0.29, 0.717) is 0 Å². The van der Waals surface area contributed by atoms with E-state index in [-0.39, 0.29) is 0 Å². The lowest BCUT2D eigenvalue weighted by Crippen LogP contribution is -2.49. The minimum absolute atomic E-state index is 0.556. The Bertz CT molecular complexity index is 148. The molecule has 0 fully saturated rings. The molecular formula is C7H15NO3. The van der Waals surface area contributed by atoms with E-state index in [2.05, 4.69) is 0 Å². The first-order valence-corrected chi connectivity index (χ1v) is 3.47. The van der Waals surface area contributed by atoms with Crippen molar-refractivity contribution in [2.45, 2.75) is 39.5 Å². The lowest BCUT2D eigenvalue weighted by molar-refractivity contribution is -0.0221. The molecule has 2 N–H and O–H groups in total. The van der Waals surface area contributed by atoms with Gasteiger partial charge in [-0.3, -0.25) is 4.90 Å². The van der Waals surface area contributed by atoms with E-state index in [1.807, 2.05) is 0 Å². The predicted octanol–water partition coefficient (Wildman–Crippen LogP) is 1.10. The van der Waals surface area contributed by atoms with Crippen LogP contribution in [0, 0.1) is 0 Å². The minimum Gasteiger partial charge on any atom is -0.465 e. The van der Waals surface area contributed by atoms with Crippen molar-refractivity contribution in [3.05, 3.63) is 0 Å². The van der Waals surface area contributed by atoms with E-state index in [1.54, 1.807) is 20.8 Å². The van der Waals surface area contributed by atoms with Crippen LogP contribution in [0.15, 0.2) is 0 Å². The average Bonchev–Trinajstić information content (AvgIpc) is 1.54. The van der Waals surface area contributed by atoms with Crippen LogP contribution in [-0.4, -0.2) is 33.0 Å². The molecule has 0 aliphatic carbocycles. The van der Waals surface area contributed by atoms with Crippen LogP contribution in [0.3, 0.4) is 0 Å². The van der Waals surface area contributed by atoms with Crippen molar-refractivity contribution < 1.29 is 15.0 Å². The number of hydrogen-bond acceptors (Lipinski definition) is 2. The summed E-state index contributed by atoms with van der Waals surface area (Å²) in [5, 5.41) is 17.7. The summed E-state index contributed by atoms with van der Waals surface area (Å²) < 4.78 is 0. The number of carbonyl (C=O) groups is 1. The van der Waals surface area contributed by atoms with Crippen molar-refractivity contribution in [2.75, 3.05) is 0 Å². The third-order valence-electron chi connectivity index (χ3n) is 1.30. The second-order valence-corrected chi connectivity index (χ2v) is 3.46. The lowest BCUT2D eigenvalue weighted by Gasteiger charge is -2.35. The Morgan fingerprint density at radius 1 is 1.45 bits per heavy atom. The van der Waals surface area contributed by atoms with Crippen LogP contribution in [0.2, 0.25) is 0 Å². The number of aliphatic hydroxyl groups is 1. The fourth-order valence-corrected chi connectivity index (χ4v) is 1.01. The molecule has 0 aliphatic heterocycles. The summed E-state index contributed by atoms with van der Waals surface area (Å²) in [4.78, 5) is 11.5. The molecule has 0 heterocycles. The van der Waals surface area contributed by atoms with Crippen LogP contribution in [0.1, 0.15) is 27.7 Å². The molecule has 0 saturated heterocycles. The van der Waals surface area contributed by atoms with Gasteiger partial charge in [0.2, 0.25) is 0 Å². The summed E-state index contributed by atoms with van der Waals surface area (Å²) in [7, 11) is 0. The van der Waals surface area contributed by atoms with Gasteiger partial charge in [-0.2, -0.15) is 0 Å². The van der Waals surface area contributed by atoms with Crippen LogP contribution < -0.4 is 0 Å².